The summed E-state index contributed by atoms with van der Waals surface area (Å²) in [6.07, 6.45) is 6.71. The zero-order chi connectivity index (χ0) is 24.1. The second-order valence-corrected chi connectivity index (χ2v) is 9.38. The van der Waals surface area contributed by atoms with Gasteiger partial charge in [0.25, 0.3) is 0 Å². The molecule has 1 fully saturated rings. The first kappa shape index (κ1) is 21.4. The lowest BCUT2D eigenvalue weighted by Gasteiger charge is -2.14. The lowest BCUT2D eigenvalue weighted by molar-refractivity contribution is 0.379. The number of hydrogen-bond acceptors (Lipinski definition) is 5. The van der Waals surface area contributed by atoms with Crippen LogP contribution in [0.2, 0.25) is 0 Å². The number of nitriles is 1. The maximum atomic E-state index is 14.7. The first-order valence-corrected chi connectivity index (χ1v) is 11.7. The average Bonchev–Trinajstić information content (AvgIpc) is 3.57. The molecule has 0 bridgehead atoms. The SMILES string of the molecule is CN1CC[C@H](Cn2cnc3c(-c4ccc(C#N)c(F)c4)c(-c4ccc5c(cnn5C)c4)ncc32)C1. The van der Waals surface area contributed by atoms with Crippen molar-refractivity contribution in [2.75, 3.05) is 20.1 Å². The van der Waals surface area contributed by atoms with E-state index in [0.717, 1.165) is 64.8 Å². The van der Waals surface area contributed by atoms with Crippen molar-refractivity contribution in [3.05, 3.63) is 66.5 Å². The zero-order valence-electron chi connectivity index (χ0n) is 19.6. The summed E-state index contributed by atoms with van der Waals surface area (Å²) in [4.78, 5) is 12.0. The van der Waals surface area contributed by atoms with Crippen molar-refractivity contribution >= 4 is 21.9 Å². The van der Waals surface area contributed by atoms with Crippen LogP contribution in [0.3, 0.4) is 0 Å². The summed E-state index contributed by atoms with van der Waals surface area (Å²) in [7, 11) is 4.06. The molecule has 3 aromatic heterocycles. The van der Waals surface area contributed by atoms with E-state index in [1.807, 2.05) is 54.7 Å². The van der Waals surface area contributed by atoms with Crippen molar-refractivity contribution < 1.29 is 4.39 Å². The average molecular weight is 466 g/mol. The van der Waals surface area contributed by atoms with E-state index in [-0.39, 0.29) is 5.56 Å². The molecule has 174 valence electrons. The third-order valence-corrected chi connectivity index (χ3v) is 7.01. The Hall–Kier alpha value is -4.09. The summed E-state index contributed by atoms with van der Waals surface area (Å²) in [6.45, 7) is 3.03. The molecule has 0 unspecified atom stereocenters. The summed E-state index contributed by atoms with van der Waals surface area (Å²) in [5, 5.41) is 14.6. The van der Waals surface area contributed by atoms with Gasteiger partial charge in [-0.3, -0.25) is 9.67 Å². The Bertz CT molecular complexity index is 1620. The number of likely N-dealkylation sites (tertiary alicyclic amines) is 1. The molecule has 5 aromatic rings. The topological polar surface area (TPSA) is 75.6 Å². The molecule has 0 radical (unpaired) electrons. The van der Waals surface area contributed by atoms with Crippen LogP contribution in [0.1, 0.15) is 12.0 Å². The van der Waals surface area contributed by atoms with Gasteiger partial charge in [-0.25, -0.2) is 9.37 Å². The summed E-state index contributed by atoms with van der Waals surface area (Å²) >= 11 is 0. The van der Waals surface area contributed by atoms with Crippen LogP contribution in [0.5, 0.6) is 0 Å². The highest BCUT2D eigenvalue weighted by Crippen LogP contribution is 2.37. The number of fused-ring (bicyclic) bond motifs is 2. The fourth-order valence-electron chi connectivity index (χ4n) is 5.19. The van der Waals surface area contributed by atoms with Crippen molar-refractivity contribution in [2.24, 2.45) is 13.0 Å². The van der Waals surface area contributed by atoms with Crippen molar-refractivity contribution in [3.63, 3.8) is 0 Å². The van der Waals surface area contributed by atoms with E-state index in [4.69, 9.17) is 9.97 Å². The van der Waals surface area contributed by atoms with Crippen LogP contribution in [0.4, 0.5) is 4.39 Å². The lowest BCUT2D eigenvalue weighted by atomic mass is 9.96. The van der Waals surface area contributed by atoms with E-state index >= 15 is 0 Å². The Kier molecular flexibility index (Phi) is 5.08. The molecule has 2 aromatic carbocycles. The maximum absolute atomic E-state index is 14.7. The Morgan fingerprint density at radius 1 is 1.06 bits per heavy atom. The maximum Gasteiger partial charge on any atom is 0.141 e. The monoisotopic (exact) mass is 465 g/mol. The minimum atomic E-state index is -0.552. The summed E-state index contributed by atoms with van der Waals surface area (Å²) in [5.41, 5.74) is 5.76. The van der Waals surface area contributed by atoms with Gasteiger partial charge < -0.3 is 9.47 Å². The van der Waals surface area contributed by atoms with E-state index in [9.17, 15) is 9.65 Å². The number of halogens is 1. The largest absolute Gasteiger partial charge is 0.329 e. The van der Waals surface area contributed by atoms with Crippen molar-refractivity contribution in [2.45, 2.75) is 13.0 Å². The smallest absolute Gasteiger partial charge is 0.141 e. The predicted molar refractivity (Wildman–Crippen MR) is 133 cm³/mol. The number of rotatable bonds is 4. The third-order valence-electron chi connectivity index (χ3n) is 7.01. The first-order valence-electron chi connectivity index (χ1n) is 11.7. The lowest BCUT2D eigenvalue weighted by Crippen LogP contribution is -2.16. The molecular formula is C27H24FN7. The minimum Gasteiger partial charge on any atom is -0.329 e. The molecule has 8 heteroatoms. The second kappa shape index (κ2) is 8.29. The highest BCUT2D eigenvalue weighted by molar-refractivity contribution is 6.00. The predicted octanol–water partition coefficient (Wildman–Crippen LogP) is 4.61. The fourth-order valence-corrected chi connectivity index (χ4v) is 5.19. The van der Waals surface area contributed by atoms with Gasteiger partial charge in [0.15, 0.2) is 0 Å². The van der Waals surface area contributed by atoms with E-state index in [0.29, 0.717) is 11.5 Å². The Morgan fingerprint density at radius 3 is 2.69 bits per heavy atom. The highest BCUT2D eigenvalue weighted by Gasteiger charge is 2.23. The zero-order valence-corrected chi connectivity index (χ0v) is 19.6. The molecule has 0 N–H and O–H groups in total. The van der Waals surface area contributed by atoms with Crippen LogP contribution in [-0.4, -0.2) is 49.4 Å². The number of benzene rings is 2. The molecule has 4 heterocycles. The number of nitrogens with zero attached hydrogens (tertiary/aromatic N) is 7. The van der Waals surface area contributed by atoms with Crippen LogP contribution < -0.4 is 0 Å². The molecule has 35 heavy (non-hydrogen) atoms. The summed E-state index contributed by atoms with van der Waals surface area (Å²) in [5.74, 6) is 0.00459. The molecule has 1 aliphatic rings. The summed E-state index contributed by atoms with van der Waals surface area (Å²) in [6, 6.07) is 12.7. The van der Waals surface area contributed by atoms with Crippen molar-refractivity contribution in [1.29, 1.82) is 5.26 Å². The molecule has 0 saturated carbocycles. The number of hydrogen-bond donors (Lipinski definition) is 0. The number of pyridine rings is 1. The van der Waals surface area contributed by atoms with Crippen LogP contribution >= 0.6 is 0 Å². The van der Waals surface area contributed by atoms with Crippen LogP contribution in [0, 0.1) is 23.1 Å². The van der Waals surface area contributed by atoms with Gasteiger partial charge in [0, 0.05) is 36.7 Å². The van der Waals surface area contributed by atoms with Gasteiger partial charge in [0.1, 0.15) is 17.4 Å². The molecule has 7 nitrogen and oxygen atoms in total. The highest BCUT2D eigenvalue weighted by atomic mass is 19.1. The second-order valence-electron chi connectivity index (χ2n) is 9.38. The molecule has 1 saturated heterocycles. The van der Waals surface area contributed by atoms with Crippen LogP contribution in [-0.2, 0) is 13.6 Å². The van der Waals surface area contributed by atoms with E-state index < -0.39 is 5.82 Å². The molecule has 0 amide bonds. The van der Waals surface area contributed by atoms with Crippen LogP contribution in [0.25, 0.3) is 44.3 Å². The van der Waals surface area contributed by atoms with Crippen molar-refractivity contribution in [3.8, 4) is 28.5 Å². The van der Waals surface area contributed by atoms with Crippen LogP contribution in [0.15, 0.2) is 55.1 Å². The quantitative estimate of drug-likeness (QED) is 0.387. The fraction of sp³-hybridized carbons (Fsp3) is 0.259. The summed E-state index contributed by atoms with van der Waals surface area (Å²) < 4.78 is 18.7. The normalized spacial score (nSPS) is 16.3. The molecule has 1 atom stereocenters. The Balaban J connectivity index is 1.54. The number of imidazole rings is 1. The number of aryl methyl sites for hydroxylation is 1. The van der Waals surface area contributed by atoms with Gasteiger partial charge in [0.05, 0.1) is 41.0 Å². The molecule has 0 spiro atoms. The van der Waals surface area contributed by atoms with Gasteiger partial charge in [-0.2, -0.15) is 10.4 Å². The molecule has 0 aliphatic carbocycles. The third kappa shape index (κ3) is 3.65. The minimum absolute atomic E-state index is 0.0168. The van der Waals surface area contributed by atoms with E-state index in [2.05, 4.69) is 21.6 Å². The van der Waals surface area contributed by atoms with Crippen molar-refractivity contribution in [1.82, 2.24) is 29.2 Å². The van der Waals surface area contributed by atoms with Gasteiger partial charge >= 0.3 is 0 Å². The standard InChI is InChI=1S/C27H24FN7/c1-33-8-7-17(14-33)15-35-16-31-27-24(35)13-30-26(19-5-6-23-21(9-19)12-32-34(23)2)25(27)18-3-4-20(11-29)22(28)10-18/h3-6,9-10,12-13,16-17H,7-8,14-15H2,1-2H3/t17-/m0/s1. The number of aromatic nitrogens is 5. The molecular weight excluding hydrogens is 441 g/mol. The van der Waals surface area contributed by atoms with Gasteiger partial charge in [-0.15, -0.1) is 0 Å². The van der Waals surface area contributed by atoms with Gasteiger partial charge in [0.2, 0.25) is 0 Å². The molecule has 1 aliphatic heterocycles. The Morgan fingerprint density at radius 2 is 1.91 bits per heavy atom. The first-order chi connectivity index (χ1) is 17.0. The Labute approximate surface area is 202 Å². The van der Waals surface area contributed by atoms with Gasteiger partial charge in [-0.05, 0) is 55.8 Å². The van der Waals surface area contributed by atoms with E-state index in [1.165, 1.54) is 12.1 Å². The van der Waals surface area contributed by atoms with E-state index in [1.54, 1.807) is 6.07 Å². The molecule has 6 rings (SSSR count). The van der Waals surface area contributed by atoms with Gasteiger partial charge in [-0.1, -0.05) is 12.1 Å².